The third-order valence-electron chi connectivity index (χ3n) is 3.89. The van der Waals surface area contributed by atoms with Crippen LogP contribution in [0.15, 0.2) is 28.8 Å². The zero-order valence-electron chi connectivity index (χ0n) is 14.6. The molecule has 0 fully saturated rings. The van der Waals surface area contributed by atoms with Crippen LogP contribution in [-0.4, -0.2) is 38.3 Å². The van der Waals surface area contributed by atoms with Gasteiger partial charge in [0.1, 0.15) is 11.6 Å². The molecule has 0 aliphatic heterocycles. The van der Waals surface area contributed by atoms with Crippen LogP contribution >= 0.6 is 0 Å². The molecule has 0 aliphatic rings. The number of aromatic amines is 1. The number of benzene rings is 1. The van der Waals surface area contributed by atoms with Crippen LogP contribution in [0.25, 0.3) is 11.4 Å². The molecule has 2 N–H and O–H groups in total. The SMILES string of the molecule is Cc1nc(-c2cccc(NC(=O)N(C)Cc3c(C)noc3C)c2)n[nH]1. The molecule has 2 heterocycles. The number of hydrogen-bond donors (Lipinski definition) is 2. The molecule has 0 saturated carbocycles. The zero-order valence-corrected chi connectivity index (χ0v) is 14.6. The predicted octanol–water partition coefficient (Wildman–Crippen LogP) is 3.05. The highest BCUT2D eigenvalue weighted by molar-refractivity contribution is 5.89. The summed E-state index contributed by atoms with van der Waals surface area (Å²) in [5, 5.41) is 13.7. The number of nitrogens with one attached hydrogen (secondary N) is 2. The molecule has 2 aromatic heterocycles. The summed E-state index contributed by atoms with van der Waals surface area (Å²) >= 11 is 0. The van der Waals surface area contributed by atoms with Crippen molar-refractivity contribution in [1.82, 2.24) is 25.2 Å². The number of hydrogen-bond acceptors (Lipinski definition) is 5. The average Bonchev–Trinajstić information content (AvgIpc) is 3.15. The molecule has 0 atom stereocenters. The van der Waals surface area contributed by atoms with Crippen molar-refractivity contribution in [3.8, 4) is 11.4 Å². The van der Waals surface area contributed by atoms with Crippen LogP contribution < -0.4 is 5.32 Å². The lowest BCUT2D eigenvalue weighted by molar-refractivity contribution is 0.220. The van der Waals surface area contributed by atoms with Gasteiger partial charge in [0, 0.05) is 23.9 Å². The van der Waals surface area contributed by atoms with Crippen LogP contribution in [0.5, 0.6) is 0 Å². The van der Waals surface area contributed by atoms with Crippen molar-refractivity contribution in [3.05, 3.63) is 47.1 Å². The van der Waals surface area contributed by atoms with Gasteiger partial charge in [-0.05, 0) is 32.9 Å². The maximum Gasteiger partial charge on any atom is 0.321 e. The summed E-state index contributed by atoms with van der Waals surface area (Å²) < 4.78 is 5.14. The molecule has 0 unspecified atom stereocenters. The van der Waals surface area contributed by atoms with Crippen molar-refractivity contribution in [2.45, 2.75) is 27.3 Å². The number of amides is 2. The predicted molar refractivity (Wildman–Crippen MR) is 93.0 cm³/mol. The van der Waals surface area contributed by atoms with Gasteiger partial charge in [0.25, 0.3) is 0 Å². The molecule has 8 heteroatoms. The molecular weight excluding hydrogens is 320 g/mol. The van der Waals surface area contributed by atoms with E-state index in [1.54, 1.807) is 11.9 Å². The van der Waals surface area contributed by atoms with E-state index in [2.05, 4.69) is 25.7 Å². The Morgan fingerprint density at radius 3 is 2.76 bits per heavy atom. The van der Waals surface area contributed by atoms with Crippen LogP contribution in [0.2, 0.25) is 0 Å². The zero-order chi connectivity index (χ0) is 18.0. The van der Waals surface area contributed by atoms with E-state index in [0.717, 1.165) is 28.4 Å². The fourth-order valence-corrected chi connectivity index (χ4v) is 2.46. The third kappa shape index (κ3) is 3.68. The van der Waals surface area contributed by atoms with E-state index in [1.807, 2.05) is 45.0 Å². The number of nitrogens with zero attached hydrogens (tertiary/aromatic N) is 4. The molecule has 8 nitrogen and oxygen atoms in total. The average molecular weight is 340 g/mol. The second kappa shape index (κ2) is 6.76. The Hall–Kier alpha value is -3.16. The minimum atomic E-state index is -0.219. The first-order valence-electron chi connectivity index (χ1n) is 7.87. The number of aromatic nitrogens is 4. The smallest absolute Gasteiger partial charge is 0.321 e. The van der Waals surface area contributed by atoms with E-state index in [-0.39, 0.29) is 6.03 Å². The van der Waals surface area contributed by atoms with E-state index in [9.17, 15) is 4.79 Å². The number of H-pyrrole nitrogens is 1. The van der Waals surface area contributed by atoms with Gasteiger partial charge in [0.05, 0.1) is 12.2 Å². The van der Waals surface area contributed by atoms with Crippen molar-refractivity contribution >= 4 is 11.7 Å². The lowest BCUT2D eigenvalue weighted by Gasteiger charge is -2.18. The van der Waals surface area contributed by atoms with Crippen LogP contribution in [0.1, 0.15) is 22.8 Å². The van der Waals surface area contributed by atoms with Crippen LogP contribution in [0.4, 0.5) is 10.5 Å². The third-order valence-corrected chi connectivity index (χ3v) is 3.89. The van der Waals surface area contributed by atoms with Gasteiger partial charge in [-0.3, -0.25) is 5.10 Å². The van der Waals surface area contributed by atoms with Crippen molar-refractivity contribution < 1.29 is 9.32 Å². The first-order valence-corrected chi connectivity index (χ1v) is 7.87. The Kier molecular flexibility index (Phi) is 4.51. The first kappa shape index (κ1) is 16.7. The minimum absolute atomic E-state index is 0.219. The van der Waals surface area contributed by atoms with Crippen molar-refractivity contribution in [3.63, 3.8) is 0 Å². The Balaban J connectivity index is 1.70. The molecule has 0 saturated heterocycles. The monoisotopic (exact) mass is 340 g/mol. The van der Waals surface area contributed by atoms with E-state index >= 15 is 0 Å². The van der Waals surface area contributed by atoms with E-state index in [4.69, 9.17) is 4.52 Å². The largest absolute Gasteiger partial charge is 0.361 e. The van der Waals surface area contributed by atoms with Gasteiger partial charge >= 0.3 is 6.03 Å². The van der Waals surface area contributed by atoms with Crippen molar-refractivity contribution in [1.29, 1.82) is 0 Å². The first-order chi connectivity index (χ1) is 11.9. The van der Waals surface area contributed by atoms with E-state index < -0.39 is 0 Å². The molecule has 3 rings (SSSR count). The molecule has 130 valence electrons. The molecule has 0 radical (unpaired) electrons. The summed E-state index contributed by atoms with van der Waals surface area (Å²) in [6.07, 6.45) is 0. The van der Waals surface area contributed by atoms with E-state index in [0.29, 0.717) is 18.1 Å². The molecule has 0 spiro atoms. The number of rotatable bonds is 4. The summed E-state index contributed by atoms with van der Waals surface area (Å²) in [5.41, 5.74) is 3.22. The Bertz CT molecular complexity index is 879. The molecule has 1 aromatic carbocycles. The Morgan fingerprint density at radius 2 is 2.12 bits per heavy atom. The van der Waals surface area contributed by atoms with Crippen molar-refractivity contribution in [2.24, 2.45) is 0 Å². The van der Waals surface area contributed by atoms with E-state index in [1.165, 1.54) is 0 Å². The maximum atomic E-state index is 12.4. The normalized spacial score (nSPS) is 10.7. The number of carbonyl (C=O) groups excluding carboxylic acids is 1. The highest BCUT2D eigenvalue weighted by Crippen LogP contribution is 2.20. The highest BCUT2D eigenvalue weighted by atomic mass is 16.5. The van der Waals surface area contributed by atoms with Crippen LogP contribution in [0.3, 0.4) is 0 Å². The summed E-state index contributed by atoms with van der Waals surface area (Å²) in [6.45, 7) is 5.96. The fourth-order valence-electron chi connectivity index (χ4n) is 2.46. The van der Waals surface area contributed by atoms with Gasteiger partial charge in [-0.25, -0.2) is 9.78 Å². The molecular formula is C17H20N6O2. The molecule has 2 amide bonds. The molecule has 3 aromatic rings. The second-order valence-corrected chi connectivity index (χ2v) is 5.91. The van der Waals surface area contributed by atoms with Gasteiger partial charge in [0.15, 0.2) is 5.82 Å². The number of urea groups is 1. The Morgan fingerprint density at radius 1 is 1.32 bits per heavy atom. The van der Waals surface area contributed by atoms with Crippen molar-refractivity contribution in [2.75, 3.05) is 12.4 Å². The fraction of sp³-hybridized carbons (Fsp3) is 0.294. The molecule has 0 aliphatic carbocycles. The van der Waals surface area contributed by atoms with Gasteiger partial charge < -0.3 is 14.7 Å². The van der Waals surface area contributed by atoms with Crippen LogP contribution in [-0.2, 0) is 6.54 Å². The summed E-state index contributed by atoms with van der Waals surface area (Å²) in [7, 11) is 1.73. The Labute approximate surface area is 145 Å². The summed E-state index contributed by atoms with van der Waals surface area (Å²) in [5.74, 6) is 2.06. The number of aryl methyl sites for hydroxylation is 3. The van der Waals surface area contributed by atoms with Crippen LogP contribution in [0, 0.1) is 20.8 Å². The molecule has 0 bridgehead atoms. The summed E-state index contributed by atoms with van der Waals surface area (Å²) in [6, 6.07) is 7.19. The molecule has 25 heavy (non-hydrogen) atoms. The lowest BCUT2D eigenvalue weighted by atomic mass is 10.2. The highest BCUT2D eigenvalue weighted by Gasteiger charge is 2.16. The van der Waals surface area contributed by atoms with Gasteiger partial charge in [-0.2, -0.15) is 5.10 Å². The standard InChI is InChI=1S/C17H20N6O2/c1-10-15(11(2)25-22-10)9-23(4)17(24)19-14-7-5-6-13(8-14)16-18-12(3)20-21-16/h5-8H,9H2,1-4H3,(H,19,24)(H,18,20,21). The number of carbonyl (C=O) groups is 1. The maximum absolute atomic E-state index is 12.4. The van der Waals surface area contributed by atoms with Gasteiger partial charge in [0.2, 0.25) is 0 Å². The van der Waals surface area contributed by atoms with Gasteiger partial charge in [-0.1, -0.05) is 17.3 Å². The quantitative estimate of drug-likeness (QED) is 0.760. The topological polar surface area (TPSA) is 99.9 Å². The number of anilines is 1. The van der Waals surface area contributed by atoms with Gasteiger partial charge in [-0.15, -0.1) is 0 Å². The minimum Gasteiger partial charge on any atom is -0.361 e. The second-order valence-electron chi connectivity index (χ2n) is 5.91. The summed E-state index contributed by atoms with van der Waals surface area (Å²) in [4.78, 5) is 18.3. The lowest BCUT2D eigenvalue weighted by Crippen LogP contribution is -2.31.